The van der Waals surface area contributed by atoms with Crippen molar-refractivity contribution in [2.45, 2.75) is 36.7 Å². The van der Waals surface area contributed by atoms with E-state index in [9.17, 15) is 28.1 Å². The highest BCUT2D eigenvalue weighted by Crippen LogP contribution is 2.10. The molecule has 0 heterocycles. The van der Waals surface area contributed by atoms with Gasteiger partial charge in [0, 0.05) is 24.0 Å². The Morgan fingerprint density at radius 2 is 1.63 bits per heavy atom. The highest BCUT2D eigenvalue weighted by molar-refractivity contribution is 7.85. The fraction of sp³-hybridized carbons (Fsp3) is 0.286. The molecular weight excluding hydrogens is 411 g/mol. The number of amides is 2. The number of aliphatic carboxylic acids is 1. The minimum absolute atomic E-state index is 0.0457. The molecule has 9 heteroatoms. The van der Waals surface area contributed by atoms with E-state index < -0.39 is 46.5 Å². The molecule has 0 saturated carbocycles. The lowest BCUT2D eigenvalue weighted by molar-refractivity contribution is -0.142. The van der Waals surface area contributed by atoms with Crippen LogP contribution in [0.15, 0.2) is 59.5 Å². The lowest BCUT2D eigenvalue weighted by Gasteiger charge is -2.21. The molecule has 0 unspecified atom stereocenters. The molecule has 0 aromatic heterocycles. The van der Waals surface area contributed by atoms with Gasteiger partial charge in [0.1, 0.15) is 17.9 Å². The van der Waals surface area contributed by atoms with Gasteiger partial charge in [-0.1, -0.05) is 30.3 Å². The molecule has 2 aromatic rings. The van der Waals surface area contributed by atoms with Gasteiger partial charge in [-0.25, -0.2) is 9.18 Å². The molecule has 0 aliphatic rings. The molecule has 0 aliphatic heterocycles. The molecule has 0 saturated heterocycles. The Balaban J connectivity index is 2.03. The van der Waals surface area contributed by atoms with Crippen LogP contribution in [0.3, 0.4) is 0 Å². The zero-order valence-electron chi connectivity index (χ0n) is 16.3. The number of benzene rings is 2. The van der Waals surface area contributed by atoms with Gasteiger partial charge >= 0.3 is 5.97 Å². The zero-order valence-corrected chi connectivity index (χ0v) is 17.2. The number of carbonyl (C=O) groups excluding carboxylic acids is 2. The van der Waals surface area contributed by atoms with Crippen molar-refractivity contribution >= 4 is 28.6 Å². The van der Waals surface area contributed by atoms with E-state index in [1.165, 1.54) is 31.2 Å². The molecule has 30 heavy (non-hydrogen) atoms. The molecule has 160 valence electrons. The van der Waals surface area contributed by atoms with Crippen molar-refractivity contribution in [3.05, 3.63) is 66.0 Å². The summed E-state index contributed by atoms with van der Waals surface area (Å²) in [7, 11) is -1.41. The van der Waals surface area contributed by atoms with Crippen LogP contribution in [0.1, 0.15) is 18.9 Å². The fourth-order valence-electron chi connectivity index (χ4n) is 2.76. The Morgan fingerprint density at radius 3 is 2.20 bits per heavy atom. The molecule has 2 amide bonds. The Kier molecular flexibility index (Phi) is 8.67. The maximum Gasteiger partial charge on any atom is 0.326 e. The van der Waals surface area contributed by atoms with E-state index in [0.717, 1.165) is 0 Å². The van der Waals surface area contributed by atoms with Gasteiger partial charge in [-0.05, 0) is 36.2 Å². The summed E-state index contributed by atoms with van der Waals surface area (Å²) in [6, 6.07) is 11.7. The highest BCUT2D eigenvalue weighted by Gasteiger charge is 2.26. The first kappa shape index (κ1) is 23.2. The molecule has 0 bridgehead atoms. The number of nitrogens with one attached hydrogen (secondary N) is 2. The Labute approximate surface area is 176 Å². The lowest BCUT2D eigenvalue weighted by Crippen LogP contribution is -2.52. The molecule has 0 fully saturated rings. The van der Waals surface area contributed by atoms with Crippen LogP contribution < -0.4 is 10.6 Å². The molecule has 3 atom stereocenters. The summed E-state index contributed by atoms with van der Waals surface area (Å²) in [6.45, 7) is 1.24. The van der Waals surface area contributed by atoms with Crippen molar-refractivity contribution in [3.8, 4) is 0 Å². The lowest BCUT2D eigenvalue weighted by atomic mass is 10.0. The van der Waals surface area contributed by atoms with Crippen molar-refractivity contribution in [1.82, 2.24) is 10.6 Å². The average molecular weight is 434 g/mol. The summed E-state index contributed by atoms with van der Waals surface area (Å²) in [5.41, 5.74) is 0.599. The number of rotatable bonds is 10. The predicted molar refractivity (Wildman–Crippen MR) is 110 cm³/mol. The van der Waals surface area contributed by atoms with Crippen molar-refractivity contribution in [2.24, 2.45) is 0 Å². The van der Waals surface area contributed by atoms with Gasteiger partial charge in [-0.15, -0.1) is 0 Å². The number of carboxylic acids is 1. The number of hydrogen-bond donors (Lipinski definition) is 3. The van der Waals surface area contributed by atoms with Gasteiger partial charge in [-0.3, -0.25) is 13.8 Å². The van der Waals surface area contributed by atoms with Gasteiger partial charge in [0.2, 0.25) is 11.8 Å². The summed E-state index contributed by atoms with van der Waals surface area (Å²) in [5, 5.41) is 14.3. The SMILES string of the molecule is CC(=O)N[C@@H](Cc1ccc(F)cc1)C(=O)N[C@@H](CC[S@](=O)c1ccccc1)C(=O)O. The topological polar surface area (TPSA) is 113 Å². The summed E-state index contributed by atoms with van der Waals surface area (Å²) >= 11 is 0. The van der Waals surface area contributed by atoms with E-state index >= 15 is 0 Å². The quantitative estimate of drug-likeness (QED) is 0.526. The van der Waals surface area contributed by atoms with E-state index in [0.29, 0.717) is 10.5 Å². The van der Waals surface area contributed by atoms with Gasteiger partial charge in [0.15, 0.2) is 0 Å². The molecular formula is C21H23FN2O5S. The Bertz CT molecular complexity index is 905. The van der Waals surface area contributed by atoms with Crippen LogP contribution in [-0.2, 0) is 31.6 Å². The molecule has 0 aliphatic carbocycles. The van der Waals surface area contributed by atoms with Crippen LogP contribution >= 0.6 is 0 Å². The summed E-state index contributed by atoms with van der Waals surface area (Å²) < 4.78 is 25.4. The zero-order chi connectivity index (χ0) is 22.1. The number of hydrogen-bond acceptors (Lipinski definition) is 4. The van der Waals surface area contributed by atoms with E-state index in [1.54, 1.807) is 30.3 Å². The minimum atomic E-state index is -1.41. The highest BCUT2D eigenvalue weighted by atomic mass is 32.2. The first-order valence-corrected chi connectivity index (χ1v) is 10.6. The second-order valence-corrected chi connectivity index (χ2v) is 8.21. The summed E-state index contributed by atoms with van der Waals surface area (Å²) in [4.78, 5) is 36.3. The maximum absolute atomic E-state index is 13.1. The average Bonchev–Trinajstić information content (AvgIpc) is 2.71. The molecule has 2 rings (SSSR count). The standard InChI is InChI=1S/C21H23FN2O5S/c1-14(25)23-19(13-15-7-9-16(22)10-8-15)20(26)24-18(21(27)28)11-12-30(29)17-5-3-2-4-6-17/h2-10,18-19H,11-13H2,1H3,(H,23,25)(H,24,26)(H,27,28)/t18-,19-,30-/m0/s1. The second-order valence-electron chi connectivity index (χ2n) is 6.63. The Morgan fingerprint density at radius 1 is 1.00 bits per heavy atom. The Hall–Kier alpha value is -3.07. The molecule has 2 aromatic carbocycles. The normalized spacial score (nSPS) is 13.7. The van der Waals surface area contributed by atoms with Gasteiger partial charge < -0.3 is 15.7 Å². The maximum atomic E-state index is 13.1. The summed E-state index contributed by atoms with van der Waals surface area (Å²) in [5.74, 6) is -2.81. The van der Waals surface area contributed by atoms with Gasteiger partial charge in [-0.2, -0.15) is 0 Å². The summed E-state index contributed by atoms with van der Waals surface area (Å²) in [6.07, 6.45) is 0.0138. The second kappa shape index (κ2) is 11.2. The first-order valence-electron chi connectivity index (χ1n) is 9.24. The smallest absolute Gasteiger partial charge is 0.326 e. The van der Waals surface area contributed by atoms with Crippen LogP contribution in [0.4, 0.5) is 4.39 Å². The molecule has 3 N–H and O–H groups in total. The van der Waals surface area contributed by atoms with E-state index in [4.69, 9.17) is 0 Å². The van der Waals surface area contributed by atoms with Crippen molar-refractivity contribution in [3.63, 3.8) is 0 Å². The van der Waals surface area contributed by atoms with Gasteiger partial charge in [0.25, 0.3) is 0 Å². The van der Waals surface area contributed by atoms with E-state index in [2.05, 4.69) is 10.6 Å². The fourth-order valence-corrected chi connectivity index (χ4v) is 3.90. The van der Waals surface area contributed by atoms with Crippen LogP contribution in [-0.4, -0.2) is 44.9 Å². The first-order chi connectivity index (χ1) is 14.3. The van der Waals surface area contributed by atoms with Crippen molar-refractivity contribution in [1.29, 1.82) is 0 Å². The third-order valence-corrected chi connectivity index (χ3v) is 5.66. The minimum Gasteiger partial charge on any atom is -0.480 e. The monoisotopic (exact) mass is 434 g/mol. The van der Waals surface area contributed by atoms with E-state index in [-0.39, 0.29) is 18.6 Å². The van der Waals surface area contributed by atoms with Crippen molar-refractivity contribution in [2.75, 3.05) is 5.75 Å². The van der Waals surface area contributed by atoms with Crippen LogP contribution in [0.5, 0.6) is 0 Å². The molecule has 0 radical (unpaired) electrons. The largest absolute Gasteiger partial charge is 0.480 e. The van der Waals surface area contributed by atoms with Crippen LogP contribution in [0.2, 0.25) is 0 Å². The molecule has 7 nitrogen and oxygen atoms in total. The third kappa shape index (κ3) is 7.40. The molecule has 0 spiro atoms. The number of halogens is 1. The van der Waals surface area contributed by atoms with Gasteiger partial charge in [0.05, 0.1) is 10.8 Å². The number of carbonyl (C=O) groups is 3. The predicted octanol–water partition coefficient (Wildman–Crippen LogP) is 1.64. The van der Waals surface area contributed by atoms with Crippen molar-refractivity contribution < 1.29 is 28.1 Å². The van der Waals surface area contributed by atoms with Crippen LogP contribution in [0, 0.1) is 5.82 Å². The number of carboxylic acid groups (broad SMARTS) is 1. The van der Waals surface area contributed by atoms with Crippen LogP contribution in [0.25, 0.3) is 0 Å². The van der Waals surface area contributed by atoms with E-state index in [1.807, 2.05) is 0 Å². The third-order valence-electron chi connectivity index (χ3n) is 4.26.